The van der Waals surface area contributed by atoms with Crippen molar-refractivity contribution >= 4 is 18.3 Å². The van der Waals surface area contributed by atoms with Crippen LogP contribution < -0.4 is 5.73 Å². The number of hydrogen-bond donors (Lipinski definition) is 1. The summed E-state index contributed by atoms with van der Waals surface area (Å²) in [6.45, 7) is 2.07. The molecule has 1 aromatic carbocycles. The molecule has 2 atom stereocenters. The summed E-state index contributed by atoms with van der Waals surface area (Å²) in [5.41, 5.74) is 9.15. The van der Waals surface area contributed by atoms with Crippen LogP contribution in [0.25, 0.3) is 0 Å². The van der Waals surface area contributed by atoms with Gasteiger partial charge in [-0.2, -0.15) is 5.10 Å². The van der Waals surface area contributed by atoms with E-state index in [2.05, 4.69) is 29.4 Å². The maximum Gasteiger partial charge on any atom is 0.257 e. The van der Waals surface area contributed by atoms with Gasteiger partial charge >= 0.3 is 0 Å². The monoisotopic (exact) mass is 402 g/mol. The highest BCUT2D eigenvalue weighted by Crippen LogP contribution is 2.36. The van der Waals surface area contributed by atoms with E-state index in [0.29, 0.717) is 24.3 Å². The Labute approximate surface area is 173 Å². The Hall–Kier alpha value is -1.85. The van der Waals surface area contributed by atoms with Crippen molar-refractivity contribution in [2.45, 2.75) is 43.9 Å². The molecule has 1 aromatic heterocycles. The molecule has 5 nitrogen and oxygen atoms in total. The quantitative estimate of drug-likeness (QED) is 0.847. The van der Waals surface area contributed by atoms with Gasteiger partial charge in [0.25, 0.3) is 5.91 Å². The Kier molecular flexibility index (Phi) is 6.78. The first-order valence-corrected chi connectivity index (χ1v) is 10.2. The minimum absolute atomic E-state index is 0. The predicted octanol–water partition coefficient (Wildman–Crippen LogP) is 3.70. The summed E-state index contributed by atoms with van der Waals surface area (Å²) in [5, 5.41) is 4.69. The molecule has 2 heterocycles. The zero-order chi connectivity index (χ0) is 18.8. The summed E-state index contributed by atoms with van der Waals surface area (Å²) in [5.74, 6) is 1.18. The maximum absolute atomic E-state index is 13.4. The van der Waals surface area contributed by atoms with Gasteiger partial charge in [0.05, 0.1) is 11.3 Å². The minimum Gasteiger partial charge on any atom is -0.338 e. The van der Waals surface area contributed by atoms with Crippen LogP contribution in [0.3, 0.4) is 0 Å². The molecule has 0 spiro atoms. The molecule has 1 saturated heterocycles. The van der Waals surface area contributed by atoms with Crippen LogP contribution in [0.15, 0.2) is 36.5 Å². The van der Waals surface area contributed by atoms with E-state index in [1.54, 1.807) is 0 Å². The van der Waals surface area contributed by atoms with Crippen molar-refractivity contribution in [1.29, 1.82) is 0 Å². The first-order chi connectivity index (χ1) is 13.2. The fourth-order valence-corrected chi connectivity index (χ4v) is 4.87. The lowest BCUT2D eigenvalue weighted by Gasteiger charge is -2.22. The van der Waals surface area contributed by atoms with Gasteiger partial charge < -0.3 is 10.6 Å². The van der Waals surface area contributed by atoms with Gasteiger partial charge in [-0.3, -0.25) is 9.48 Å². The third-order valence-corrected chi connectivity index (χ3v) is 6.34. The number of hydrogen-bond acceptors (Lipinski definition) is 3. The van der Waals surface area contributed by atoms with E-state index in [1.807, 2.05) is 28.9 Å². The van der Waals surface area contributed by atoms with E-state index in [4.69, 9.17) is 5.73 Å². The molecule has 0 radical (unpaired) electrons. The molecule has 2 fully saturated rings. The number of amides is 1. The number of likely N-dealkylation sites (tertiary alicyclic amines) is 1. The zero-order valence-electron chi connectivity index (χ0n) is 16.6. The Morgan fingerprint density at radius 1 is 1.14 bits per heavy atom. The Bertz CT molecular complexity index is 785. The molecule has 2 aromatic rings. The first-order valence-electron chi connectivity index (χ1n) is 10.2. The van der Waals surface area contributed by atoms with Gasteiger partial charge in [-0.25, -0.2) is 0 Å². The number of aromatic nitrogens is 2. The fourth-order valence-electron chi connectivity index (χ4n) is 4.87. The normalized spacial score (nSPS) is 22.9. The number of halogens is 1. The number of benzene rings is 1. The first kappa shape index (κ1) is 20.9. The molecule has 1 aliphatic carbocycles. The third-order valence-electron chi connectivity index (χ3n) is 6.34. The summed E-state index contributed by atoms with van der Waals surface area (Å²) in [7, 11) is 1.92. The van der Waals surface area contributed by atoms with Crippen molar-refractivity contribution in [2.24, 2.45) is 18.7 Å². The van der Waals surface area contributed by atoms with Gasteiger partial charge in [-0.15, -0.1) is 12.4 Å². The third kappa shape index (κ3) is 4.11. The van der Waals surface area contributed by atoms with E-state index in [-0.39, 0.29) is 18.3 Å². The minimum atomic E-state index is 0. The molecule has 6 heteroatoms. The molecule has 28 heavy (non-hydrogen) atoms. The number of carbonyl (C=O) groups is 1. The largest absolute Gasteiger partial charge is 0.338 e. The molecule has 0 unspecified atom stereocenters. The summed E-state index contributed by atoms with van der Waals surface area (Å²) >= 11 is 0. The number of aryl methyl sites for hydroxylation is 1. The summed E-state index contributed by atoms with van der Waals surface area (Å²) in [4.78, 5) is 15.4. The summed E-state index contributed by atoms with van der Waals surface area (Å²) in [6.07, 6.45) is 7.99. The van der Waals surface area contributed by atoms with Crippen LogP contribution in [-0.2, 0) is 7.05 Å². The maximum atomic E-state index is 13.4. The molecule has 1 saturated carbocycles. The second kappa shape index (κ2) is 9.10. The van der Waals surface area contributed by atoms with Crippen LogP contribution in [-0.4, -0.2) is 40.2 Å². The van der Waals surface area contributed by atoms with Crippen molar-refractivity contribution in [3.63, 3.8) is 0 Å². The van der Waals surface area contributed by atoms with Gasteiger partial charge in [0.2, 0.25) is 0 Å². The highest BCUT2D eigenvalue weighted by atomic mass is 35.5. The van der Waals surface area contributed by atoms with E-state index < -0.39 is 0 Å². The van der Waals surface area contributed by atoms with Crippen molar-refractivity contribution in [3.8, 4) is 0 Å². The smallest absolute Gasteiger partial charge is 0.257 e. The van der Waals surface area contributed by atoms with Gasteiger partial charge in [-0.1, -0.05) is 49.6 Å². The van der Waals surface area contributed by atoms with Gasteiger partial charge in [0, 0.05) is 38.2 Å². The van der Waals surface area contributed by atoms with Gasteiger partial charge in [0.15, 0.2) is 0 Å². The van der Waals surface area contributed by atoms with E-state index >= 15 is 0 Å². The molecule has 0 bridgehead atoms. The molecular formula is C22H31ClN4O. The van der Waals surface area contributed by atoms with Crippen molar-refractivity contribution in [2.75, 3.05) is 19.6 Å². The van der Waals surface area contributed by atoms with Crippen LogP contribution in [0.5, 0.6) is 0 Å². The number of carbonyl (C=O) groups excluding carboxylic acids is 1. The van der Waals surface area contributed by atoms with Crippen LogP contribution in [0.1, 0.15) is 65.6 Å². The lowest BCUT2D eigenvalue weighted by atomic mass is 9.85. The average Bonchev–Trinajstić information content (AvgIpc) is 3.32. The van der Waals surface area contributed by atoms with Gasteiger partial charge in [-0.05, 0) is 30.9 Å². The second-order valence-electron chi connectivity index (χ2n) is 8.16. The number of nitrogens with zero attached hydrogens (tertiary/aromatic N) is 3. The van der Waals surface area contributed by atoms with E-state index in [0.717, 1.165) is 37.2 Å². The SMILES string of the molecule is Cl.Cn1cc(C(=O)N2C[C@@H](CN)[C@H](c3ccccc3)C2)c(C2CCCCC2)n1. The molecule has 152 valence electrons. The predicted molar refractivity (Wildman–Crippen MR) is 114 cm³/mol. The lowest BCUT2D eigenvalue weighted by molar-refractivity contribution is 0.0784. The standard InChI is InChI=1S/C22H30N4O.ClH/c1-25-14-20(21(24-25)17-10-6-3-7-11-17)22(27)26-13-18(12-23)19(15-26)16-8-4-2-5-9-16;/h2,4-5,8-9,14,17-19H,3,6-7,10-13,15,23H2,1H3;1H/t18-,19+;/m1./s1. The fraction of sp³-hybridized carbons (Fsp3) is 0.545. The molecule has 4 rings (SSSR count). The molecule has 1 amide bonds. The lowest BCUT2D eigenvalue weighted by Crippen LogP contribution is -2.30. The van der Waals surface area contributed by atoms with Crippen molar-refractivity contribution < 1.29 is 4.79 Å². The average molecular weight is 403 g/mol. The highest BCUT2D eigenvalue weighted by molar-refractivity contribution is 5.95. The Balaban J connectivity index is 0.00000225. The second-order valence-corrected chi connectivity index (χ2v) is 8.16. The number of nitrogens with two attached hydrogens (primary N) is 1. The zero-order valence-corrected chi connectivity index (χ0v) is 17.4. The van der Waals surface area contributed by atoms with Crippen LogP contribution in [0.4, 0.5) is 0 Å². The van der Waals surface area contributed by atoms with Crippen molar-refractivity contribution in [3.05, 3.63) is 53.3 Å². The Morgan fingerprint density at radius 2 is 1.86 bits per heavy atom. The van der Waals surface area contributed by atoms with Crippen LogP contribution in [0.2, 0.25) is 0 Å². The van der Waals surface area contributed by atoms with Crippen LogP contribution in [0, 0.1) is 5.92 Å². The van der Waals surface area contributed by atoms with Gasteiger partial charge in [0.1, 0.15) is 0 Å². The summed E-state index contributed by atoms with van der Waals surface area (Å²) < 4.78 is 1.81. The molecular weight excluding hydrogens is 372 g/mol. The van der Waals surface area contributed by atoms with E-state index in [9.17, 15) is 4.79 Å². The topological polar surface area (TPSA) is 64.2 Å². The number of rotatable bonds is 4. The van der Waals surface area contributed by atoms with Crippen molar-refractivity contribution in [1.82, 2.24) is 14.7 Å². The Morgan fingerprint density at radius 3 is 2.54 bits per heavy atom. The summed E-state index contributed by atoms with van der Waals surface area (Å²) in [6, 6.07) is 10.5. The van der Waals surface area contributed by atoms with Crippen LogP contribution >= 0.6 is 12.4 Å². The highest BCUT2D eigenvalue weighted by Gasteiger charge is 2.37. The molecule has 2 N–H and O–H groups in total. The van der Waals surface area contributed by atoms with E-state index in [1.165, 1.54) is 24.8 Å². The molecule has 1 aliphatic heterocycles. The molecule has 2 aliphatic rings.